The maximum atomic E-state index is 12.9. The third-order valence-corrected chi connectivity index (χ3v) is 12.5. The lowest BCUT2D eigenvalue weighted by molar-refractivity contribution is -0.163. The first kappa shape index (κ1) is 63.6. The van der Waals surface area contributed by atoms with E-state index in [2.05, 4.69) is 81.5 Å². The maximum Gasteiger partial charge on any atom is 0.306 e. The first-order valence-corrected chi connectivity index (χ1v) is 28.8. The van der Waals surface area contributed by atoms with E-state index >= 15 is 0 Å². The number of rotatable bonds is 53. The van der Waals surface area contributed by atoms with Crippen molar-refractivity contribution in [3.05, 3.63) is 60.8 Å². The maximum absolute atomic E-state index is 12.9. The van der Waals surface area contributed by atoms with Crippen molar-refractivity contribution in [2.75, 3.05) is 19.8 Å². The molecule has 0 aliphatic rings. The van der Waals surface area contributed by atoms with Crippen LogP contribution in [0.2, 0.25) is 0 Å². The number of hydrogen-bond acceptors (Lipinski definition) is 5. The Labute approximate surface area is 411 Å². The normalized spacial score (nSPS) is 12.6. The summed E-state index contributed by atoms with van der Waals surface area (Å²) in [5.41, 5.74) is 0. The zero-order valence-corrected chi connectivity index (χ0v) is 44.2. The first-order chi connectivity index (χ1) is 32.6. The van der Waals surface area contributed by atoms with Crippen molar-refractivity contribution in [3.63, 3.8) is 0 Å². The van der Waals surface area contributed by atoms with Gasteiger partial charge < -0.3 is 14.2 Å². The molecule has 0 spiro atoms. The molecule has 0 aromatic carbocycles. The van der Waals surface area contributed by atoms with Crippen LogP contribution in [0.5, 0.6) is 0 Å². The number of allylic oxidation sites excluding steroid dienone is 10. The van der Waals surface area contributed by atoms with E-state index in [-0.39, 0.29) is 25.2 Å². The molecule has 66 heavy (non-hydrogen) atoms. The summed E-state index contributed by atoms with van der Waals surface area (Å²) in [6, 6.07) is 0. The largest absolute Gasteiger partial charge is 0.462 e. The summed E-state index contributed by atoms with van der Waals surface area (Å²) in [5, 5.41) is 0. The van der Waals surface area contributed by atoms with Crippen LogP contribution in [0.1, 0.15) is 290 Å². The highest BCUT2D eigenvalue weighted by Crippen LogP contribution is 2.16. The summed E-state index contributed by atoms with van der Waals surface area (Å²) < 4.78 is 17.5. The van der Waals surface area contributed by atoms with Crippen LogP contribution in [-0.2, 0) is 23.8 Å². The molecule has 0 saturated carbocycles. The molecule has 5 nitrogen and oxygen atoms in total. The predicted molar refractivity (Wildman–Crippen MR) is 288 cm³/mol. The fourth-order valence-corrected chi connectivity index (χ4v) is 8.26. The van der Waals surface area contributed by atoms with Crippen molar-refractivity contribution in [1.29, 1.82) is 0 Å². The fourth-order valence-electron chi connectivity index (χ4n) is 8.26. The highest BCUT2D eigenvalue weighted by molar-refractivity contribution is 5.70. The lowest BCUT2D eigenvalue weighted by Crippen LogP contribution is -2.30. The van der Waals surface area contributed by atoms with Crippen LogP contribution in [0.3, 0.4) is 0 Å². The molecule has 0 aromatic rings. The standard InChI is InChI=1S/C61H110O5/c1-4-7-10-13-16-19-22-25-28-30-32-35-38-41-44-47-50-53-56-64-57-59(66-61(63)55-52-49-46-43-40-37-33-27-24-21-18-15-12-9-6-3)58-65-60(62)54-51-48-45-42-39-36-34-31-29-26-23-20-17-14-11-8-5-2/h8,11,17,20,25-26,28-29,34,36,59H,4-7,9-10,12-16,18-19,21-24,27,30-33,35,37-58H2,1-3H3/b11-8-,20-17-,28-25-,29-26-,36-34-. The van der Waals surface area contributed by atoms with Crippen molar-refractivity contribution >= 4 is 11.9 Å². The number of hydrogen-bond donors (Lipinski definition) is 0. The molecule has 0 bridgehead atoms. The van der Waals surface area contributed by atoms with Crippen LogP contribution in [0, 0.1) is 0 Å². The van der Waals surface area contributed by atoms with E-state index in [0.29, 0.717) is 19.4 Å². The zero-order valence-electron chi connectivity index (χ0n) is 44.2. The minimum atomic E-state index is -0.547. The van der Waals surface area contributed by atoms with Crippen LogP contribution >= 0.6 is 0 Å². The highest BCUT2D eigenvalue weighted by atomic mass is 16.6. The fraction of sp³-hybridized carbons (Fsp3) is 0.803. The molecule has 0 N–H and O–H groups in total. The van der Waals surface area contributed by atoms with Gasteiger partial charge in [0.25, 0.3) is 0 Å². The Kier molecular flexibility index (Phi) is 54.9. The van der Waals surface area contributed by atoms with Gasteiger partial charge in [0.2, 0.25) is 0 Å². The molecule has 0 amide bonds. The predicted octanol–water partition coefficient (Wildman–Crippen LogP) is 19.7. The number of ether oxygens (including phenoxy) is 3. The molecule has 0 aliphatic carbocycles. The van der Waals surface area contributed by atoms with Crippen LogP contribution < -0.4 is 0 Å². The lowest BCUT2D eigenvalue weighted by atomic mass is 10.0. The molecule has 0 aliphatic heterocycles. The van der Waals surface area contributed by atoms with Crippen LogP contribution in [-0.4, -0.2) is 37.9 Å². The number of carbonyl (C=O) groups excluding carboxylic acids is 2. The summed E-state index contributed by atoms with van der Waals surface area (Å²) >= 11 is 0. The van der Waals surface area contributed by atoms with Gasteiger partial charge in [0.05, 0.1) is 6.61 Å². The van der Waals surface area contributed by atoms with Gasteiger partial charge in [-0.15, -0.1) is 0 Å². The van der Waals surface area contributed by atoms with E-state index in [4.69, 9.17) is 14.2 Å². The summed E-state index contributed by atoms with van der Waals surface area (Å²) in [6.07, 6.45) is 72.4. The Morgan fingerprint density at radius 3 is 1.11 bits per heavy atom. The average molecular weight is 924 g/mol. The van der Waals surface area contributed by atoms with E-state index < -0.39 is 6.10 Å². The van der Waals surface area contributed by atoms with E-state index in [1.54, 1.807) is 0 Å². The Morgan fingerprint density at radius 1 is 0.348 bits per heavy atom. The van der Waals surface area contributed by atoms with Gasteiger partial charge in [-0.25, -0.2) is 0 Å². The topological polar surface area (TPSA) is 61.8 Å². The van der Waals surface area contributed by atoms with E-state index in [9.17, 15) is 9.59 Å². The Balaban J connectivity index is 4.29. The smallest absolute Gasteiger partial charge is 0.306 e. The van der Waals surface area contributed by atoms with Crippen molar-refractivity contribution < 1.29 is 23.8 Å². The number of carbonyl (C=O) groups is 2. The van der Waals surface area contributed by atoms with Crippen molar-refractivity contribution in [2.24, 2.45) is 0 Å². The minimum absolute atomic E-state index is 0.0736. The summed E-state index contributed by atoms with van der Waals surface area (Å²) in [7, 11) is 0. The molecule has 384 valence electrons. The third-order valence-electron chi connectivity index (χ3n) is 12.5. The van der Waals surface area contributed by atoms with Crippen molar-refractivity contribution in [1.82, 2.24) is 0 Å². The number of unbranched alkanes of at least 4 members (excludes halogenated alkanes) is 32. The van der Waals surface area contributed by atoms with Crippen LogP contribution in [0.25, 0.3) is 0 Å². The van der Waals surface area contributed by atoms with Crippen molar-refractivity contribution in [2.45, 2.75) is 297 Å². The Bertz CT molecular complexity index is 1130. The van der Waals surface area contributed by atoms with Gasteiger partial charge in [0.1, 0.15) is 6.61 Å². The monoisotopic (exact) mass is 923 g/mol. The molecular weight excluding hydrogens is 813 g/mol. The SMILES string of the molecule is CC/C=C\C/C=C\C/C=C\C/C=C\CCCCCCC(=O)OCC(COCCCCCCCCCC/C=C\CCCCCCCC)OC(=O)CCCCCCCCCCCCCCCCC. The second-order valence-corrected chi connectivity index (χ2v) is 19.2. The van der Waals surface area contributed by atoms with Gasteiger partial charge in [-0.3, -0.25) is 9.59 Å². The second-order valence-electron chi connectivity index (χ2n) is 19.2. The second kappa shape index (κ2) is 56.9. The van der Waals surface area contributed by atoms with Gasteiger partial charge in [-0.05, 0) is 83.5 Å². The summed E-state index contributed by atoms with van der Waals surface area (Å²) in [5.74, 6) is -0.413. The molecule has 0 rings (SSSR count). The quantitative estimate of drug-likeness (QED) is 0.0346. The van der Waals surface area contributed by atoms with Crippen LogP contribution in [0.15, 0.2) is 60.8 Å². The zero-order chi connectivity index (χ0) is 47.7. The van der Waals surface area contributed by atoms with Gasteiger partial charge in [0.15, 0.2) is 6.10 Å². The molecular formula is C61H110O5. The third kappa shape index (κ3) is 54.2. The molecule has 1 unspecified atom stereocenters. The Morgan fingerprint density at radius 2 is 0.682 bits per heavy atom. The highest BCUT2D eigenvalue weighted by Gasteiger charge is 2.17. The molecule has 5 heteroatoms. The molecule has 0 radical (unpaired) electrons. The van der Waals surface area contributed by atoms with Crippen molar-refractivity contribution in [3.8, 4) is 0 Å². The molecule has 1 atom stereocenters. The van der Waals surface area contributed by atoms with E-state index in [0.717, 1.165) is 83.5 Å². The van der Waals surface area contributed by atoms with E-state index in [1.165, 1.54) is 173 Å². The minimum Gasteiger partial charge on any atom is -0.462 e. The van der Waals surface area contributed by atoms with Gasteiger partial charge in [0, 0.05) is 19.4 Å². The average Bonchev–Trinajstić information content (AvgIpc) is 3.32. The summed E-state index contributed by atoms with van der Waals surface area (Å²) in [4.78, 5) is 25.5. The van der Waals surface area contributed by atoms with Gasteiger partial charge in [-0.1, -0.05) is 255 Å². The molecule has 0 heterocycles. The van der Waals surface area contributed by atoms with Gasteiger partial charge >= 0.3 is 11.9 Å². The molecule has 0 fully saturated rings. The molecule has 0 aromatic heterocycles. The van der Waals surface area contributed by atoms with E-state index in [1.807, 2.05) is 0 Å². The van der Waals surface area contributed by atoms with Gasteiger partial charge in [-0.2, -0.15) is 0 Å². The summed E-state index contributed by atoms with van der Waals surface area (Å²) in [6.45, 7) is 7.72. The number of esters is 2. The molecule has 0 saturated heterocycles. The van der Waals surface area contributed by atoms with Crippen LogP contribution in [0.4, 0.5) is 0 Å². The lowest BCUT2D eigenvalue weighted by Gasteiger charge is -2.18. The first-order valence-electron chi connectivity index (χ1n) is 28.8. The Hall–Kier alpha value is -2.40.